The SMILES string of the molecule is Cc1cc(NC(=O)C=Cc2cccs2)ccc1N1C(=O)CCC1=O. The number of hydrogen-bond donors (Lipinski definition) is 1. The summed E-state index contributed by atoms with van der Waals surface area (Å²) in [4.78, 5) is 37.8. The zero-order valence-electron chi connectivity index (χ0n) is 13.1. The lowest BCUT2D eigenvalue weighted by Gasteiger charge is -2.17. The first-order valence-corrected chi connectivity index (χ1v) is 8.41. The molecule has 0 saturated carbocycles. The van der Waals surface area contributed by atoms with Crippen molar-refractivity contribution in [1.82, 2.24) is 0 Å². The maximum Gasteiger partial charge on any atom is 0.248 e. The van der Waals surface area contributed by atoms with E-state index in [-0.39, 0.29) is 30.6 Å². The van der Waals surface area contributed by atoms with Crippen LogP contribution in [0.15, 0.2) is 41.8 Å². The first-order chi connectivity index (χ1) is 11.5. The first kappa shape index (κ1) is 16.1. The van der Waals surface area contributed by atoms with Gasteiger partial charge >= 0.3 is 0 Å². The molecule has 0 radical (unpaired) electrons. The Hall–Kier alpha value is -2.73. The van der Waals surface area contributed by atoms with Gasteiger partial charge in [0.25, 0.3) is 0 Å². The number of thiophene rings is 1. The van der Waals surface area contributed by atoms with E-state index in [0.717, 1.165) is 10.4 Å². The minimum Gasteiger partial charge on any atom is -0.323 e. The number of benzene rings is 1. The molecule has 3 amide bonds. The van der Waals surface area contributed by atoms with Crippen molar-refractivity contribution in [3.05, 3.63) is 52.2 Å². The fourth-order valence-electron chi connectivity index (χ4n) is 2.56. The van der Waals surface area contributed by atoms with Gasteiger partial charge in [0, 0.05) is 29.5 Å². The van der Waals surface area contributed by atoms with Crippen LogP contribution >= 0.6 is 11.3 Å². The van der Waals surface area contributed by atoms with Crippen molar-refractivity contribution in [3.63, 3.8) is 0 Å². The van der Waals surface area contributed by atoms with Crippen LogP contribution in [0, 0.1) is 6.92 Å². The van der Waals surface area contributed by atoms with E-state index in [1.165, 1.54) is 11.0 Å². The van der Waals surface area contributed by atoms with E-state index in [2.05, 4.69) is 5.32 Å². The second kappa shape index (κ2) is 6.80. The zero-order valence-corrected chi connectivity index (χ0v) is 13.9. The van der Waals surface area contributed by atoms with Gasteiger partial charge in [-0.15, -0.1) is 11.3 Å². The first-order valence-electron chi connectivity index (χ1n) is 7.53. The lowest BCUT2D eigenvalue weighted by atomic mass is 10.1. The molecule has 0 atom stereocenters. The van der Waals surface area contributed by atoms with Crippen molar-refractivity contribution in [2.75, 3.05) is 10.2 Å². The molecule has 0 unspecified atom stereocenters. The number of anilines is 2. The molecule has 1 saturated heterocycles. The molecule has 24 heavy (non-hydrogen) atoms. The third-order valence-corrected chi connectivity index (χ3v) is 4.54. The average Bonchev–Trinajstić information content (AvgIpc) is 3.17. The number of aryl methyl sites for hydroxylation is 1. The summed E-state index contributed by atoms with van der Waals surface area (Å²) in [6.07, 6.45) is 3.74. The number of hydrogen-bond acceptors (Lipinski definition) is 4. The molecule has 1 aliphatic rings. The average molecular weight is 340 g/mol. The van der Waals surface area contributed by atoms with E-state index < -0.39 is 0 Å². The van der Waals surface area contributed by atoms with Gasteiger partial charge in [0.1, 0.15) is 0 Å². The maximum atomic E-state index is 12.0. The Morgan fingerprint density at radius 3 is 2.58 bits per heavy atom. The molecule has 1 aromatic carbocycles. The Bertz CT molecular complexity index is 809. The number of rotatable bonds is 4. The summed E-state index contributed by atoms with van der Waals surface area (Å²) in [5.74, 6) is -0.596. The van der Waals surface area contributed by atoms with E-state index in [1.807, 2.05) is 24.4 Å². The highest BCUT2D eigenvalue weighted by Crippen LogP contribution is 2.28. The molecular formula is C18H16N2O3S. The van der Waals surface area contributed by atoms with Crippen LogP contribution < -0.4 is 10.2 Å². The fraction of sp³-hybridized carbons (Fsp3) is 0.167. The summed E-state index contributed by atoms with van der Waals surface area (Å²) in [5.41, 5.74) is 1.96. The second-order valence-electron chi connectivity index (χ2n) is 5.46. The van der Waals surface area contributed by atoms with Gasteiger partial charge in [-0.05, 0) is 48.2 Å². The number of imide groups is 1. The van der Waals surface area contributed by atoms with Gasteiger partial charge in [-0.25, -0.2) is 0 Å². The van der Waals surface area contributed by atoms with E-state index in [0.29, 0.717) is 11.4 Å². The molecule has 2 aromatic rings. The van der Waals surface area contributed by atoms with Crippen molar-refractivity contribution < 1.29 is 14.4 Å². The monoisotopic (exact) mass is 340 g/mol. The quantitative estimate of drug-likeness (QED) is 0.685. The van der Waals surface area contributed by atoms with Gasteiger partial charge in [-0.2, -0.15) is 0 Å². The molecule has 5 nitrogen and oxygen atoms in total. The van der Waals surface area contributed by atoms with Gasteiger partial charge < -0.3 is 5.32 Å². The lowest BCUT2D eigenvalue weighted by molar-refractivity contribution is -0.121. The van der Waals surface area contributed by atoms with Crippen LogP contribution in [-0.4, -0.2) is 17.7 Å². The highest BCUT2D eigenvalue weighted by atomic mass is 32.1. The van der Waals surface area contributed by atoms with Crippen LogP contribution in [0.5, 0.6) is 0 Å². The zero-order chi connectivity index (χ0) is 17.1. The third kappa shape index (κ3) is 3.44. The Morgan fingerprint density at radius 2 is 1.96 bits per heavy atom. The molecule has 1 fully saturated rings. The predicted molar refractivity (Wildman–Crippen MR) is 94.9 cm³/mol. The number of nitrogens with one attached hydrogen (secondary N) is 1. The minimum atomic E-state index is -0.233. The fourth-order valence-corrected chi connectivity index (χ4v) is 3.18. The molecule has 3 rings (SSSR count). The van der Waals surface area contributed by atoms with Crippen LogP contribution in [0.25, 0.3) is 6.08 Å². The van der Waals surface area contributed by atoms with Crippen LogP contribution in [0.1, 0.15) is 23.3 Å². The standard InChI is InChI=1S/C18H16N2O3S/c1-12-11-13(19-16(21)7-5-14-3-2-10-24-14)4-6-15(12)20-17(22)8-9-18(20)23/h2-7,10-11H,8-9H2,1H3,(H,19,21). The van der Waals surface area contributed by atoms with Crippen LogP contribution in [0.2, 0.25) is 0 Å². The Morgan fingerprint density at radius 1 is 1.21 bits per heavy atom. The molecule has 2 heterocycles. The van der Waals surface area contributed by atoms with Crippen molar-refractivity contribution in [2.24, 2.45) is 0 Å². The second-order valence-corrected chi connectivity index (χ2v) is 6.44. The molecule has 6 heteroatoms. The van der Waals surface area contributed by atoms with Gasteiger partial charge in [0.05, 0.1) is 5.69 Å². The largest absolute Gasteiger partial charge is 0.323 e. The summed E-state index contributed by atoms with van der Waals surface area (Å²) in [5, 5.41) is 4.72. The topological polar surface area (TPSA) is 66.5 Å². The van der Waals surface area contributed by atoms with Gasteiger partial charge in [-0.1, -0.05) is 6.07 Å². The smallest absolute Gasteiger partial charge is 0.248 e. The van der Waals surface area contributed by atoms with E-state index in [9.17, 15) is 14.4 Å². The van der Waals surface area contributed by atoms with Gasteiger partial charge in [0.2, 0.25) is 17.7 Å². The van der Waals surface area contributed by atoms with Crippen LogP contribution in [-0.2, 0) is 14.4 Å². The number of carbonyl (C=O) groups is 3. The van der Waals surface area contributed by atoms with Crippen molar-refractivity contribution >= 4 is 46.5 Å². The summed E-state index contributed by atoms with van der Waals surface area (Å²) in [6, 6.07) is 8.99. The summed E-state index contributed by atoms with van der Waals surface area (Å²) < 4.78 is 0. The van der Waals surface area contributed by atoms with Crippen LogP contribution in [0.3, 0.4) is 0 Å². The van der Waals surface area contributed by atoms with E-state index in [1.54, 1.807) is 35.6 Å². The lowest BCUT2D eigenvalue weighted by Crippen LogP contribution is -2.29. The minimum absolute atomic E-state index is 0.182. The molecular weight excluding hydrogens is 324 g/mol. The van der Waals surface area contributed by atoms with E-state index in [4.69, 9.17) is 0 Å². The molecule has 0 aliphatic carbocycles. The molecule has 1 aliphatic heterocycles. The number of carbonyl (C=O) groups excluding carboxylic acids is 3. The Balaban J connectivity index is 1.72. The highest BCUT2D eigenvalue weighted by molar-refractivity contribution is 7.10. The van der Waals surface area contributed by atoms with Crippen molar-refractivity contribution in [3.8, 4) is 0 Å². The summed E-state index contributed by atoms with van der Waals surface area (Å²) >= 11 is 1.55. The molecule has 1 N–H and O–H groups in total. The predicted octanol–water partition coefficient (Wildman–Crippen LogP) is 3.36. The Kier molecular flexibility index (Phi) is 4.57. The number of amides is 3. The third-order valence-electron chi connectivity index (χ3n) is 3.70. The molecule has 122 valence electrons. The van der Waals surface area contributed by atoms with E-state index >= 15 is 0 Å². The normalized spacial score (nSPS) is 14.6. The van der Waals surface area contributed by atoms with Crippen LogP contribution in [0.4, 0.5) is 11.4 Å². The van der Waals surface area contributed by atoms with Crippen molar-refractivity contribution in [2.45, 2.75) is 19.8 Å². The summed E-state index contributed by atoms with van der Waals surface area (Å²) in [6.45, 7) is 1.81. The highest BCUT2D eigenvalue weighted by Gasteiger charge is 2.31. The molecule has 0 bridgehead atoms. The molecule has 0 spiro atoms. The van der Waals surface area contributed by atoms with Crippen molar-refractivity contribution in [1.29, 1.82) is 0 Å². The molecule has 1 aromatic heterocycles. The maximum absolute atomic E-state index is 12.0. The Labute approximate surface area is 143 Å². The van der Waals surface area contributed by atoms with Gasteiger partial charge in [-0.3, -0.25) is 19.3 Å². The number of nitrogens with zero attached hydrogens (tertiary/aromatic N) is 1. The van der Waals surface area contributed by atoms with Gasteiger partial charge in [0.15, 0.2) is 0 Å². The summed E-state index contributed by atoms with van der Waals surface area (Å²) in [7, 11) is 0.